The van der Waals surface area contributed by atoms with Gasteiger partial charge in [-0.05, 0) is 58.5 Å². The van der Waals surface area contributed by atoms with Crippen molar-refractivity contribution in [3.8, 4) is 0 Å². The van der Waals surface area contributed by atoms with E-state index in [2.05, 4.69) is 15.8 Å². The minimum Gasteiger partial charge on any atom is -0.353 e. The van der Waals surface area contributed by atoms with E-state index in [1.54, 1.807) is 6.07 Å². The van der Waals surface area contributed by atoms with E-state index in [9.17, 15) is 9.59 Å². The van der Waals surface area contributed by atoms with Gasteiger partial charge in [0.05, 0.1) is 5.69 Å². The Morgan fingerprint density at radius 1 is 1.39 bits per heavy atom. The second kappa shape index (κ2) is 7.25. The SMILES string of the molecule is CC(=O)c1cc(C[C@H]2CNCC[C@H]2CC(=O)NC(C)(C)C)no1. The van der Waals surface area contributed by atoms with Gasteiger partial charge in [-0.25, -0.2) is 0 Å². The maximum Gasteiger partial charge on any atom is 0.220 e. The molecule has 2 atom stereocenters. The Kier molecular flexibility index (Phi) is 5.57. The lowest BCUT2D eigenvalue weighted by molar-refractivity contribution is -0.124. The van der Waals surface area contributed by atoms with Gasteiger partial charge in [0, 0.05) is 24.9 Å². The number of hydrogen-bond acceptors (Lipinski definition) is 5. The lowest BCUT2D eigenvalue weighted by Gasteiger charge is -2.32. The van der Waals surface area contributed by atoms with Crippen LogP contribution in [0.3, 0.4) is 0 Å². The number of amides is 1. The number of hydrogen-bond donors (Lipinski definition) is 2. The Hall–Kier alpha value is -1.69. The zero-order chi connectivity index (χ0) is 17.0. The topological polar surface area (TPSA) is 84.2 Å². The highest BCUT2D eigenvalue weighted by Gasteiger charge is 2.29. The first kappa shape index (κ1) is 17.7. The van der Waals surface area contributed by atoms with Gasteiger partial charge in [-0.15, -0.1) is 0 Å². The number of nitrogens with zero attached hydrogens (tertiary/aromatic N) is 1. The van der Waals surface area contributed by atoms with E-state index >= 15 is 0 Å². The molecular weight excluding hydrogens is 294 g/mol. The van der Waals surface area contributed by atoms with Gasteiger partial charge >= 0.3 is 0 Å². The molecule has 1 aromatic heterocycles. The number of ketones is 1. The molecule has 23 heavy (non-hydrogen) atoms. The molecule has 1 aliphatic heterocycles. The number of rotatable bonds is 5. The van der Waals surface area contributed by atoms with Crippen molar-refractivity contribution in [2.24, 2.45) is 11.8 Å². The molecule has 2 heterocycles. The van der Waals surface area contributed by atoms with Gasteiger partial charge in [0.2, 0.25) is 11.7 Å². The Bertz CT molecular complexity index is 560. The summed E-state index contributed by atoms with van der Waals surface area (Å²) in [6, 6.07) is 1.71. The van der Waals surface area contributed by atoms with Crippen LogP contribution in [0.5, 0.6) is 0 Å². The maximum atomic E-state index is 12.2. The first-order valence-electron chi connectivity index (χ1n) is 8.23. The lowest BCUT2D eigenvalue weighted by atomic mass is 9.81. The zero-order valence-corrected chi connectivity index (χ0v) is 14.4. The Morgan fingerprint density at radius 2 is 2.13 bits per heavy atom. The third-order valence-corrected chi connectivity index (χ3v) is 4.10. The van der Waals surface area contributed by atoms with Crippen LogP contribution in [0, 0.1) is 11.8 Å². The number of carbonyl (C=O) groups excluding carboxylic acids is 2. The smallest absolute Gasteiger partial charge is 0.220 e. The van der Waals surface area contributed by atoms with Gasteiger partial charge in [0.15, 0.2) is 5.78 Å². The fourth-order valence-electron chi connectivity index (χ4n) is 3.03. The fraction of sp³-hybridized carbons (Fsp3) is 0.706. The minimum atomic E-state index is -0.206. The van der Waals surface area contributed by atoms with Crippen molar-refractivity contribution in [3.05, 3.63) is 17.5 Å². The molecule has 1 aromatic rings. The first-order valence-corrected chi connectivity index (χ1v) is 8.23. The molecule has 0 unspecified atom stereocenters. The molecule has 2 N–H and O–H groups in total. The summed E-state index contributed by atoms with van der Waals surface area (Å²) in [5.41, 5.74) is 0.576. The van der Waals surface area contributed by atoms with E-state index < -0.39 is 0 Å². The molecular formula is C17H27N3O3. The maximum absolute atomic E-state index is 12.2. The molecule has 0 bridgehead atoms. The van der Waals surface area contributed by atoms with Crippen LogP contribution in [-0.4, -0.2) is 35.5 Å². The molecule has 128 valence electrons. The normalized spacial score (nSPS) is 21.9. The number of carbonyl (C=O) groups is 2. The van der Waals surface area contributed by atoms with Gasteiger partial charge in [0.1, 0.15) is 0 Å². The van der Waals surface area contributed by atoms with Gasteiger partial charge in [-0.1, -0.05) is 5.16 Å². The molecule has 2 rings (SSSR count). The van der Waals surface area contributed by atoms with Crippen molar-refractivity contribution in [1.29, 1.82) is 0 Å². The molecule has 1 amide bonds. The van der Waals surface area contributed by atoms with Crippen LogP contribution in [0.15, 0.2) is 10.6 Å². The monoisotopic (exact) mass is 321 g/mol. The third-order valence-electron chi connectivity index (χ3n) is 4.10. The van der Waals surface area contributed by atoms with Crippen LogP contribution < -0.4 is 10.6 Å². The highest BCUT2D eigenvalue weighted by atomic mass is 16.5. The van der Waals surface area contributed by atoms with Crippen LogP contribution in [0.1, 0.15) is 56.8 Å². The Morgan fingerprint density at radius 3 is 2.74 bits per heavy atom. The average molecular weight is 321 g/mol. The fourth-order valence-corrected chi connectivity index (χ4v) is 3.03. The van der Waals surface area contributed by atoms with Crippen LogP contribution in [0.4, 0.5) is 0 Å². The summed E-state index contributed by atoms with van der Waals surface area (Å²) in [6.45, 7) is 9.22. The zero-order valence-electron chi connectivity index (χ0n) is 14.4. The molecule has 0 saturated carbocycles. The molecule has 0 radical (unpaired) electrons. The van der Waals surface area contributed by atoms with E-state index in [-0.39, 0.29) is 17.2 Å². The summed E-state index contributed by atoms with van der Waals surface area (Å²) in [5, 5.41) is 10.4. The summed E-state index contributed by atoms with van der Waals surface area (Å²) in [6.07, 6.45) is 2.22. The van der Waals surface area contributed by atoms with Gasteiger partial charge < -0.3 is 15.2 Å². The number of Topliss-reactive ketones (excluding diaryl/α,β-unsaturated/α-hetero) is 1. The minimum absolute atomic E-state index is 0.0963. The molecule has 6 heteroatoms. The third kappa shape index (κ3) is 5.46. The predicted octanol–water partition coefficient (Wildman–Crippen LogP) is 1.95. The molecule has 6 nitrogen and oxygen atoms in total. The van der Waals surface area contributed by atoms with E-state index in [0.717, 1.165) is 31.6 Å². The molecule has 0 aliphatic carbocycles. The van der Waals surface area contributed by atoms with Crippen molar-refractivity contribution in [1.82, 2.24) is 15.8 Å². The highest BCUT2D eigenvalue weighted by Crippen LogP contribution is 2.26. The van der Waals surface area contributed by atoms with Crippen LogP contribution in [0.2, 0.25) is 0 Å². The quantitative estimate of drug-likeness (QED) is 0.810. The van der Waals surface area contributed by atoms with Crippen molar-refractivity contribution in [3.63, 3.8) is 0 Å². The van der Waals surface area contributed by atoms with E-state index in [1.807, 2.05) is 20.8 Å². The average Bonchev–Trinajstić information content (AvgIpc) is 2.87. The van der Waals surface area contributed by atoms with Crippen molar-refractivity contribution in [2.75, 3.05) is 13.1 Å². The standard InChI is InChI=1S/C17H27N3O3/c1-11(21)15-9-14(20-23-15)7-13-10-18-6-5-12(13)8-16(22)19-17(2,3)4/h9,12-13,18H,5-8,10H2,1-4H3,(H,19,22)/t12-,13-/m0/s1. The summed E-state index contributed by atoms with van der Waals surface area (Å²) in [4.78, 5) is 23.5. The van der Waals surface area contributed by atoms with Gasteiger partial charge in [0.25, 0.3) is 0 Å². The number of aromatic nitrogens is 1. The number of nitrogens with one attached hydrogen (secondary N) is 2. The first-order chi connectivity index (χ1) is 10.7. The Balaban J connectivity index is 1.97. The van der Waals surface area contributed by atoms with Crippen molar-refractivity contribution >= 4 is 11.7 Å². The largest absolute Gasteiger partial charge is 0.353 e. The van der Waals surface area contributed by atoms with Crippen molar-refractivity contribution < 1.29 is 14.1 Å². The van der Waals surface area contributed by atoms with Crippen molar-refractivity contribution in [2.45, 2.75) is 52.5 Å². The van der Waals surface area contributed by atoms with Gasteiger partial charge in [-0.3, -0.25) is 9.59 Å². The van der Waals surface area contributed by atoms with E-state index in [4.69, 9.17) is 4.52 Å². The van der Waals surface area contributed by atoms with Crippen LogP contribution in [0.25, 0.3) is 0 Å². The molecule has 0 aromatic carbocycles. The molecule has 1 aliphatic rings. The number of piperidine rings is 1. The lowest BCUT2D eigenvalue weighted by Crippen LogP contribution is -2.44. The van der Waals surface area contributed by atoms with E-state index in [1.165, 1.54) is 6.92 Å². The molecule has 0 spiro atoms. The molecule has 1 fully saturated rings. The summed E-state index contributed by atoms with van der Waals surface area (Å²) >= 11 is 0. The Labute approximate surface area is 137 Å². The highest BCUT2D eigenvalue weighted by molar-refractivity contribution is 5.91. The summed E-state index contributed by atoms with van der Waals surface area (Å²) in [5.74, 6) is 0.909. The summed E-state index contributed by atoms with van der Waals surface area (Å²) in [7, 11) is 0. The molecule has 1 saturated heterocycles. The van der Waals surface area contributed by atoms with E-state index in [0.29, 0.717) is 24.0 Å². The van der Waals surface area contributed by atoms with Crippen LogP contribution >= 0.6 is 0 Å². The second-order valence-corrected chi connectivity index (χ2v) is 7.46. The van der Waals surface area contributed by atoms with Gasteiger partial charge in [-0.2, -0.15) is 0 Å². The predicted molar refractivity (Wildman–Crippen MR) is 87.2 cm³/mol. The van der Waals surface area contributed by atoms with Crippen LogP contribution in [-0.2, 0) is 11.2 Å². The second-order valence-electron chi connectivity index (χ2n) is 7.46. The summed E-state index contributed by atoms with van der Waals surface area (Å²) < 4.78 is 5.05.